The first-order valence-corrected chi connectivity index (χ1v) is 7.47. The molecule has 1 aliphatic rings. The number of hydrogen-bond acceptors (Lipinski definition) is 4. The van der Waals surface area contributed by atoms with Crippen LogP contribution in [0.3, 0.4) is 0 Å². The number of aliphatic carboxylic acids is 1. The van der Waals surface area contributed by atoms with Gasteiger partial charge in [-0.25, -0.2) is 0 Å². The van der Waals surface area contributed by atoms with Gasteiger partial charge >= 0.3 is 5.97 Å². The second-order valence-electron chi connectivity index (χ2n) is 5.47. The number of piperazine rings is 1. The van der Waals surface area contributed by atoms with E-state index >= 15 is 0 Å². The molecule has 5 nitrogen and oxygen atoms in total. The van der Waals surface area contributed by atoms with Crippen molar-refractivity contribution in [2.75, 3.05) is 39.8 Å². The number of carboxylic acid groups (broad SMARTS) is 1. The molecule has 21 heavy (non-hydrogen) atoms. The Balaban J connectivity index is 2.00. The Morgan fingerprint density at radius 1 is 1.24 bits per heavy atom. The smallest absolute Gasteiger partial charge is 0.321 e. The second-order valence-corrected chi connectivity index (χ2v) is 5.47. The first kappa shape index (κ1) is 15.8. The van der Waals surface area contributed by atoms with E-state index in [1.54, 1.807) is 0 Å². The molecule has 1 fully saturated rings. The van der Waals surface area contributed by atoms with E-state index in [2.05, 4.69) is 16.8 Å². The number of benzene rings is 1. The summed E-state index contributed by atoms with van der Waals surface area (Å²) in [4.78, 5) is 15.9. The van der Waals surface area contributed by atoms with Gasteiger partial charge in [0.2, 0.25) is 0 Å². The van der Waals surface area contributed by atoms with E-state index in [1.807, 2.05) is 31.2 Å². The van der Waals surface area contributed by atoms with Crippen LogP contribution in [-0.4, -0.2) is 66.8 Å². The fourth-order valence-corrected chi connectivity index (χ4v) is 2.62. The van der Waals surface area contributed by atoms with E-state index in [0.29, 0.717) is 13.0 Å². The molecule has 0 aromatic heterocycles. The minimum Gasteiger partial charge on any atom is -0.494 e. The monoisotopic (exact) mass is 292 g/mol. The van der Waals surface area contributed by atoms with Crippen molar-refractivity contribution in [2.24, 2.45) is 0 Å². The Morgan fingerprint density at radius 2 is 1.86 bits per heavy atom. The molecule has 0 spiro atoms. The number of carboxylic acids is 1. The fraction of sp³-hybridized carbons (Fsp3) is 0.562. The molecule has 0 radical (unpaired) electrons. The van der Waals surface area contributed by atoms with Crippen LogP contribution in [0.5, 0.6) is 5.75 Å². The van der Waals surface area contributed by atoms with Gasteiger partial charge in [0.1, 0.15) is 11.8 Å². The van der Waals surface area contributed by atoms with Gasteiger partial charge in [0.15, 0.2) is 0 Å². The van der Waals surface area contributed by atoms with Crippen LogP contribution < -0.4 is 4.74 Å². The van der Waals surface area contributed by atoms with Crippen LogP contribution >= 0.6 is 0 Å². The molecule has 0 saturated carbocycles. The molecule has 1 N–H and O–H groups in total. The summed E-state index contributed by atoms with van der Waals surface area (Å²) in [5.41, 5.74) is 1.03. The Hall–Kier alpha value is -1.59. The molecule has 1 saturated heterocycles. The summed E-state index contributed by atoms with van der Waals surface area (Å²) in [6.45, 7) is 6.05. The molecule has 0 bridgehead atoms. The standard InChI is InChI=1S/C16H24N2O3/c1-3-21-14-6-4-13(5-7-14)12-15(16(19)20)18-10-8-17(2)9-11-18/h4-7,15H,3,8-12H2,1-2H3,(H,19,20)/t15-/m1/s1. The lowest BCUT2D eigenvalue weighted by Gasteiger charge is -2.36. The van der Waals surface area contributed by atoms with Crippen molar-refractivity contribution in [1.29, 1.82) is 0 Å². The van der Waals surface area contributed by atoms with E-state index < -0.39 is 12.0 Å². The van der Waals surface area contributed by atoms with Gasteiger partial charge in [0.05, 0.1) is 6.61 Å². The lowest BCUT2D eigenvalue weighted by atomic mass is 10.0. The van der Waals surface area contributed by atoms with Crippen molar-refractivity contribution in [3.05, 3.63) is 29.8 Å². The normalized spacial score (nSPS) is 18.4. The third kappa shape index (κ3) is 4.44. The molecule has 2 rings (SSSR count). The molecule has 0 unspecified atom stereocenters. The maximum atomic E-state index is 11.6. The first-order valence-electron chi connectivity index (χ1n) is 7.47. The number of nitrogens with zero attached hydrogens (tertiary/aromatic N) is 2. The largest absolute Gasteiger partial charge is 0.494 e. The minimum atomic E-state index is -0.742. The zero-order valence-electron chi connectivity index (χ0n) is 12.8. The number of hydrogen-bond donors (Lipinski definition) is 1. The highest BCUT2D eigenvalue weighted by atomic mass is 16.5. The van der Waals surface area contributed by atoms with Crippen molar-refractivity contribution in [3.8, 4) is 5.75 Å². The minimum absolute atomic E-state index is 0.448. The maximum absolute atomic E-state index is 11.6. The molecule has 116 valence electrons. The summed E-state index contributed by atoms with van der Waals surface area (Å²) in [6, 6.07) is 7.27. The summed E-state index contributed by atoms with van der Waals surface area (Å²) >= 11 is 0. The predicted octanol–water partition coefficient (Wildman–Crippen LogP) is 1.33. The number of ether oxygens (including phenoxy) is 1. The van der Waals surface area contributed by atoms with Gasteiger partial charge in [-0.2, -0.15) is 0 Å². The summed E-state index contributed by atoms with van der Waals surface area (Å²) in [5.74, 6) is 0.0844. The van der Waals surface area contributed by atoms with Crippen LogP contribution in [0.25, 0.3) is 0 Å². The SMILES string of the molecule is CCOc1ccc(C[C@H](C(=O)O)N2CCN(C)CC2)cc1. The highest BCUT2D eigenvalue weighted by Crippen LogP contribution is 2.16. The van der Waals surface area contributed by atoms with Crippen molar-refractivity contribution < 1.29 is 14.6 Å². The molecule has 5 heteroatoms. The zero-order chi connectivity index (χ0) is 15.2. The van der Waals surface area contributed by atoms with Gasteiger partial charge in [0, 0.05) is 26.2 Å². The Labute approximate surface area is 126 Å². The fourth-order valence-electron chi connectivity index (χ4n) is 2.62. The third-order valence-electron chi connectivity index (χ3n) is 3.93. The molecule has 1 aromatic carbocycles. The summed E-state index contributed by atoms with van der Waals surface area (Å²) in [6.07, 6.45) is 0.533. The average Bonchev–Trinajstić information content (AvgIpc) is 2.47. The van der Waals surface area contributed by atoms with Gasteiger partial charge in [-0.3, -0.25) is 9.69 Å². The molecule has 1 heterocycles. The first-order chi connectivity index (χ1) is 10.1. The Morgan fingerprint density at radius 3 is 2.38 bits per heavy atom. The van der Waals surface area contributed by atoms with E-state index in [-0.39, 0.29) is 0 Å². The molecule has 0 amide bonds. The summed E-state index contributed by atoms with van der Waals surface area (Å²) < 4.78 is 5.41. The average molecular weight is 292 g/mol. The quantitative estimate of drug-likeness (QED) is 0.857. The molecule has 0 aliphatic carbocycles. The van der Waals surface area contributed by atoms with E-state index in [9.17, 15) is 9.90 Å². The highest BCUT2D eigenvalue weighted by molar-refractivity contribution is 5.74. The molecule has 1 atom stereocenters. The maximum Gasteiger partial charge on any atom is 0.321 e. The van der Waals surface area contributed by atoms with Gasteiger partial charge in [0.25, 0.3) is 0 Å². The molecule has 1 aromatic rings. The van der Waals surface area contributed by atoms with Crippen molar-refractivity contribution in [1.82, 2.24) is 9.80 Å². The number of likely N-dealkylation sites (N-methyl/N-ethyl adjacent to an activating group) is 1. The molecular weight excluding hydrogens is 268 g/mol. The number of carbonyl (C=O) groups is 1. The highest BCUT2D eigenvalue weighted by Gasteiger charge is 2.28. The predicted molar refractivity (Wildman–Crippen MR) is 81.8 cm³/mol. The van der Waals surface area contributed by atoms with Gasteiger partial charge in [-0.15, -0.1) is 0 Å². The second kappa shape index (κ2) is 7.43. The van der Waals surface area contributed by atoms with Crippen LogP contribution in [0.4, 0.5) is 0 Å². The molecule has 1 aliphatic heterocycles. The summed E-state index contributed by atoms with van der Waals surface area (Å²) in [7, 11) is 2.07. The Bertz CT molecular complexity index is 453. The third-order valence-corrected chi connectivity index (χ3v) is 3.93. The van der Waals surface area contributed by atoms with E-state index in [0.717, 1.165) is 37.5 Å². The van der Waals surface area contributed by atoms with E-state index in [4.69, 9.17) is 4.74 Å². The van der Waals surface area contributed by atoms with Crippen molar-refractivity contribution in [3.63, 3.8) is 0 Å². The topological polar surface area (TPSA) is 53.0 Å². The van der Waals surface area contributed by atoms with Gasteiger partial charge in [-0.05, 0) is 38.1 Å². The van der Waals surface area contributed by atoms with Crippen molar-refractivity contribution >= 4 is 5.97 Å². The van der Waals surface area contributed by atoms with Crippen LogP contribution in [0, 0.1) is 0 Å². The van der Waals surface area contributed by atoms with Gasteiger partial charge in [-0.1, -0.05) is 12.1 Å². The lowest BCUT2D eigenvalue weighted by Crippen LogP contribution is -2.52. The van der Waals surface area contributed by atoms with Gasteiger partial charge < -0.3 is 14.7 Å². The summed E-state index contributed by atoms with van der Waals surface area (Å²) in [5, 5.41) is 9.51. The van der Waals surface area contributed by atoms with Crippen molar-refractivity contribution in [2.45, 2.75) is 19.4 Å². The Kier molecular flexibility index (Phi) is 5.59. The van der Waals surface area contributed by atoms with Crippen LogP contribution in [0.2, 0.25) is 0 Å². The molecular formula is C16H24N2O3. The van der Waals surface area contributed by atoms with E-state index in [1.165, 1.54) is 0 Å². The van der Waals surface area contributed by atoms with Crippen LogP contribution in [0.1, 0.15) is 12.5 Å². The number of rotatable bonds is 6. The van der Waals surface area contributed by atoms with Crippen LogP contribution in [-0.2, 0) is 11.2 Å². The zero-order valence-corrected chi connectivity index (χ0v) is 12.8. The lowest BCUT2D eigenvalue weighted by molar-refractivity contribution is -0.144. The van der Waals surface area contributed by atoms with Crippen LogP contribution in [0.15, 0.2) is 24.3 Å².